The fraction of sp³-hybridized carbons (Fsp3) is 0.632. The molecule has 1 aliphatic carbocycles. The average Bonchev–Trinajstić information content (AvgIpc) is 3.28. The second-order valence-corrected chi connectivity index (χ2v) is 6.81. The maximum absolute atomic E-state index is 6.03. The zero-order valence-corrected chi connectivity index (χ0v) is 14.8. The predicted octanol–water partition coefficient (Wildman–Crippen LogP) is 2.63. The van der Waals surface area contributed by atoms with Crippen molar-refractivity contribution >= 4 is 5.96 Å². The monoisotopic (exact) mass is 331 g/mol. The number of hydrogen-bond donors (Lipinski definition) is 2. The molecule has 24 heavy (non-hydrogen) atoms. The number of aryl methyl sites for hydroxylation is 1. The van der Waals surface area contributed by atoms with E-state index in [-0.39, 0.29) is 0 Å². The highest BCUT2D eigenvalue weighted by Crippen LogP contribution is 2.30. The quantitative estimate of drug-likeness (QED) is 0.596. The highest BCUT2D eigenvalue weighted by atomic mass is 16.5. The van der Waals surface area contributed by atoms with Crippen LogP contribution in [0.2, 0.25) is 0 Å². The molecular weight excluding hydrogens is 302 g/mol. The molecule has 2 aliphatic rings. The molecule has 0 radical (unpaired) electrons. The molecule has 1 saturated carbocycles. The first-order valence-corrected chi connectivity index (χ1v) is 9.03. The third-order valence-corrected chi connectivity index (χ3v) is 4.59. The van der Waals surface area contributed by atoms with Crippen LogP contribution in [0.25, 0.3) is 0 Å². The third-order valence-electron chi connectivity index (χ3n) is 4.59. The molecular formula is C19H29N3O2. The van der Waals surface area contributed by atoms with Crippen molar-refractivity contribution in [2.75, 3.05) is 26.8 Å². The van der Waals surface area contributed by atoms with Gasteiger partial charge in [-0.05, 0) is 50.2 Å². The van der Waals surface area contributed by atoms with E-state index in [9.17, 15) is 0 Å². The van der Waals surface area contributed by atoms with Gasteiger partial charge < -0.3 is 20.1 Å². The summed E-state index contributed by atoms with van der Waals surface area (Å²) in [5.74, 6) is 2.55. The first kappa shape index (κ1) is 17.1. The number of hydrogen-bond acceptors (Lipinski definition) is 3. The van der Waals surface area contributed by atoms with Crippen molar-refractivity contribution in [2.24, 2.45) is 10.9 Å². The van der Waals surface area contributed by atoms with E-state index in [1.165, 1.54) is 24.0 Å². The number of guanidine groups is 1. The Kier molecular flexibility index (Phi) is 5.96. The van der Waals surface area contributed by atoms with E-state index < -0.39 is 0 Å². The van der Waals surface area contributed by atoms with Crippen LogP contribution in [-0.4, -0.2) is 38.9 Å². The van der Waals surface area contributed by atoms with Gasteiger partial charge in [0.25, 0.3) is 0 Å². The average molecular weight is 331 g/mol. The number of ether oxygens (including phenoxy) is 2. The number of benzene rings is 1. The van der Waals surface area contributed by atoms with Crippen molar-refractivity contribution < 1.29 is 9.47 Å². The van der Waals surface area contributed by atoms with Gasteiger partial charge in [0.05, 0.1) is 12.7 Å². The summed E-state index contributed by atoms with van der Waals surface area (Å²) in [4.78, 5) is 4.29. The molecule has 1 aromatic rings. The minimum absolute atomic E-state index is 0.306. The van der Waals surface area contributed by atoms with Crippen LogP contribution in [0.1, 0.15) is 36.8 Å². The molecule has 3 rings (SSSR count). The Morgan fingerprint density at radius 3 is 2.88 bits per heavy atom. The van der Waals surface area contributed by atoms with Gasteiger partial charge in [-0.2, -0.15) is 0 Å². The van der Waals surface area contributed by atoms with Crippen LogP contribution >= 0.6 is 0 Å². The molecule has 5 heteroatoms. The van der Waals surface area contributed by atoms with Gasteiger partial charge in [-0.25, -0.2) is 0 Å². The Morgan fingerprint density at radius 2 is 2.17 bits per heavy atom. The number of rotatable bonds is 7. The fourth-order valence-electron chi connectivity index (χ4n) is 2.85. The smallest absolute Gasteiger partial charge is 0.191 e. The maximum Gasteiger partial charge on any atom is 0.191 e. The summed E-state index contributed by atoms with van der Waals surface area (Å²) in [6.07, 6.45) is 5.20. The molecule has 2 N–H and O–H groups in total. The lowest BCUT2D eigenvalue weighted by Crippen LogP contribution is -2.40. The van der Waals surface area contributed by atoms with Gasteiger partial charge in [0.1, 0.15) is 5.75 Å². The molecule has 132 valence electrons. The summed E-state index contributed by atoms with van der Waals surface area (Å²) in [6.45, 7) is 5.32. The van der Waals surface area contributed by atoms with Gasteiger partial charge in [-0.15, -0.1) is 0 Å². The molecule has 0 bridgehead atoms. The maximum atomic E-state index is 6.03. The lowest BCUT2D eigenvalue weighted by atomic mass is 10.1. The minimum atomic E-state index is 0.306. The van der Waals surface area contributed by atoms with Crippen molar-refractivity contribution in [3.8, 4) is 5.75 Å². The third kappa shape index (κ3) is 5.13. The van der Waals surface area contributed by atoms with E-state index in [0.717, 1.165) is 50.2 Å². The molecule has 1 heterocycles. The van der Waals surface area contributed by atoms with E-state index in [2.05, 4.69) is 40.7 Å². The van der Waals surface area contributed by atoms with Crippen LogP contribution in [0.4, 0.5) is 0 Å². The Balaban J connectivity index is 1.51. The van der Waals surface area contributed by atoms with Crippen molar-refractivity contribution in [3.63, 3.8) is 0 Å². The van der Waals surface area contributed by atoms with Gasteiger partial charge in [0.15, 0.2) is 5.96 Å². The molecule has 0 amide bonds. The Labute approximate surface area is 144 Å². The topological polar surface area (TPSA) is 54.9 Å². The van der Waals surface area contributed by atoms with Gasteiger partial charge in [-0.3, -0.25) is 4.99 Å². The van der Waals surface area contributed by atoms with Gasteiger partial charge in [-0.1, -0.05) is 12.1 Å². The lowest BCUT2D eigenvalue weighted by Gasteiger charge is -2.17. The molecule has 1 atom stereocenters. The van der Waals surface area contributed by atoms with Crippen LogP contribution in [0.3, 0.4) is 0 Å². The van der Waals surface area contributed by atoms with Crippen LogP contribution in [0.15, 0.2) is 23.2 Å². The predicted molar refractivity (Wildman–Crippen MR) is 96.6 cm³/mol. The largest absolute Gasteiger partial charge is 0.493 e. The lowest BCUT2D eigenvalue weighted by molar-refractivity contribution is 0.114. The molecule has 1 saturated heterocycles. The summed E-state index contributed by atoms with van der Waals surface area (Å²) < 4.78 is 11.7. The van der Waals surface area contributed by atoms with Gasteiger partial charge >= 0.3 is 0 Å². The van der Waals surface area contributed by atoms with Crippen LogP contribution in [0.5, 0.6) is 5.75 Å². The Hall–Kier alpha value is -1.75. The second-order valence-electron chi connectivity index (χ2n) is 6.81. The fourth-order valence-corrected chi connectivity index (χ4v) is 2.85. The molecule has 1 unspecified atom stereocenters. The van der Waals surface area contributed by atoms with E-state index >= 15 is 0 Å². The van der Waals surface area contributed by atoms with E-state index in [1.54, 1.807) is 7.05 Å². The van der Waals surface area contributed by atoms with Gasteiger partial charge in [0.2, 0.25) is 0 Å². The van der Waals surface area contributed by atoms with E-state index in [4.69, 9.17) is 9.47 Å². The van der Waals surface area contributed by atoms with Crippen molar-refractivity contribution in [1.29, 1.82) is 0 Å². The zero-order chi connectivity index (χ0) is 16.8. The zero-order valence-electron chi connectivity index (χ0n) is 14.8. The van der Waals surface area contributed by atoms with E-state index in [0.29, 0.717) is 12.6 Å². The molecule has 0 spiro atoms. The standard InChI is InChI=1S/C19H29N3O2/c1-14-5-8-16(18(10-14)24-13-15-6-7-15)11-21-19(20-2)22-12-17-4-3-9-23-17/h5,8,10,15,17H,3-4,6-7,9,11-13H2,1-2H3,(H2,20,21,22). The highest BCUT2D eigenvalue weighted by molar-refractivity contribution is 5.79. The molecule has 0 aromatic heterocycles. The number of nitrogens with one attached hydrogen (secondary N) is 2. The summed E-state index contributed by atoms with van der Waals surface area (Å²) in [5.41, 5.74) is 2.40. The molecule has 1 aromatic carbocycles. The van der Waals surface area contributed by atoms with Crippen molar-refractivity contribution in [1.82, 2.24) is 10.6 Å². The molecule has 1 aliphatic heterocycles. The highest BCUT2D eigenvalue weighted by Gasteiger charge is 2.22. The summed E-state index contributed by atoms with van der Waals surface area (Å²) >= 11 is 0. The van der Waals surface area contributed by atoms with Crippen molar-refractivity contribution in [3.05, 3.63) is 29.3 Å². The van der Waals surface area contributed by atoms with Crippen LogP contribution in [0, 0.1) is 12.8 Å². The minimum Gasteiger partial charge on any atom is -0.493 e. The number of aliphatic imine (C=N–C) groups is 1. The van der Waals surface area contributed by atoms with Crippen molar-refractivity contribution in [2.45, 2.75) is 45.3 Å². The van der Waals surface area contributed by atoms with Crippen LogP contribution < -0.4 is 15.4 Å². The summed E-state index contributed by atoms with van der Waals surface area (Å²) in [5, 5.41) is 6.72. The second kappa shape index (κ2) is 8.38. The summed E-state index contributed by atoms with van der Waals surface area (Å²) in [7, 11) is 1.80. The first-order chi connectivity index (χ1) is 11.7. The Morgan fingerprint density at radius 1 is 1.29 bits per heavy atom. The Bertz CT molecular complexity index is 564. The SMILES string of the molecule is CN=C(NCc1ccc(C)cc1OCC1CC1)NCC1CCCO1. The van der Waals surface area contributed by atoms with Gasteiger partial charge in [0, 0.05) is 32.3 Å². The molecule has 2 fully saturated rings. The summed E-state index contributed by atoms with van der Waals surface area (Å²) in [6, 6.07) is 6.39. The van der Waals surface area contributed by atoms with E-state index in [1.807, 2.05) is 0 Å². The molecule has 5 nitrogen and oxygen atoms in total. The first-order valence-electron chi connectivity index (χ1n) is 9.03. The number of nitrogens with zero attached hydrogens (tertiary/aromatic N) is 1. The van der Waals surface area contributed by atoms with Crippen LogP contribution in [-0.2, 0) is 11.3 Å². The normalized spacial score (nSPS) is 20.9.